The number of piperidine rings is 1. The summed E-state index contributed by atoms with van der Waals surface area (Å²) in [6.07, 6.45) is 3.24. The van der Waals surface area contributed by atoms with Crippen LogP contribution in [0.4, 0.5) is 0 Å². The van der Waals surface area contributed by atoms with Crippen molar-refractivity contribution in [2.45, 2.75) is 62.6 Å². The van der Waals surface area contributed by atoms with Gasteiger partial charge in [-0.2, -0.15) is 0 Å². The van der Waals surface area contributed by atoms with Crippen LogP contribution in [-0.2, 0) is 16.4 Å². The number of likely N-dealkylation sites (tertiary alicyclic amines) is 1. The van der Waals surface area contributed by atoms with E-state index in [2.05, 4.69) is 28.8 Å². The average Bonchev–Trinajstić information content (AvgIpc) is 3.16. The van der Waals surface area contributed by atoms with Gasteiger partial charge in [0.1, 0.15) is 0 Å². The number of aryl methyl sites for hydroxylation is 1. The van der Waals surface area contributed by atoms with Gasteiger partial charge in [-0.05, 0) is 88.0 Å². The summed E-state index contributed by atoms with van der Waals surface area (Å²) in [6, 6.07) is 14.7. The molecule has 1 saturated heterocycles. The number of benzene rings is 2. The van der Waals surface area contributed by atoms with Gasteiger partial charge in [0.25, 0.3) is 5.91 Å². The Morgan fingerprint density at radius 3 is 2.42 bits per heavy atom. The minimum atomic E-state index is -3.60. The summed E-state index contributed by atoms with van der Waals surface area (Å²) < 4.78 is 29.0. The van der Waals surface area contributed by atoms with Crippen LogP contribution < -0.4 is 10.0 Å². The van der Waals surface area contributed by atoms with Gasteiger partial charge in [-0.1, -0.05) is 24.3 Å². The normalized spacial score (nSPS) is 20.0. The van der Waals surface area contributed by atoms with Crippen LogP contribution in [0.3, 0.4) is 0 Å². The first-order valence-electron chi connectivity index (χ1n) is 11.1. The van der Waals surface area contributed by atoms with Gasteiger partial charge >= 0.3 is 0 Å². The number of hydrogen-bond donors (Lipinski definition) is 2. The molecule has 1 amide bonds. The van der Waals surface area contributed by atoms with Gasteiger partial charge < -0.3 is 10.2 Å². The molecule has 0 saturated carbocycles. The Hall–Kier alpha value is -2.22. The number of nitrogens with zero attached hydrogens (tertiary/aromatic N) is 1. The second-order valence-electron chi connectivity index (χ2n) is 8.82. The number of hydrogen-bond acceptors (Lipinski definition) is 4. The Bertz CT molecular complexity index is 1030. The molecule has 0 spiro atoms. The minimum Gasteiger partial charge on any atom is -0.345 e. The van der Waals surface area contributed by atoms with E-state index >= 15 is 0 Å². The van der Waals surface area contributed by atoms with E-state index in [9.17, 15) is 13.2 Å². The second kappa shape index (κ2) is 9.10. The molecule has 1 aliphatic carbocycles. The zero-order chi connectivity index (χ0) is 22.0. The fourth-order valence-corrected chi connectivity index (χ4v) is 5.89. The monoisotopic (exact) mass is 441 g/mol. The van der Waals surface area contributed by atoms with E-state index in [-0.39, 0.29) is 22.9 Å². The quantitative estimate of drug-likeness (QED) is 0.721. The van der Waals surface area contributed by atoms with Gasteiger partial charge in [-0.15, -0.1) is 0 Å². The fourth-order valence-electron chi connectivity index (χ4n) is 4.55. The van der Waals surface area contributed by atoms with Crippen molar-refractivity contribution in [3.05, 3.63) is 65.2 Å². The summed E-state index contributed by atoms with van der Waals surface area (Å²) in [5, 5.41) is 3.07. The molecule has 1 heterocycles. The van der Waals surface area contributed by atoms with Crippen LogP contribution in [0.2, 0.25) is 0 Å². The van der Waals surface area contributed by atoms with Crippen molar-refractivity contribution in [1.29, 1.82) is 0 Å². The molecule has 2 aliphatic rings. The van der Waals surface area contributed by atoms with Gasteiger partial charge in [0.05, 0.1) is 10.9 Å². The molecule has 1 unspecified atom stereocenters. The molecule has 166 valence electrons. The number of carbonyl (C=O) groups is 1. The summed E-state index contributed by atoms with van der Waals surface area (Å²) in [7, 11) is -3.60. The zero-order valence-electron chi connectivity index (χ0n) is 18.2. The van der Waals surface area contributed by atoms with Gasteiger partial charge in [-0.25, -0.2) is 13.1 Å². The lowest BCUT2D eigenvalue weighted by Crippen LogP contribution is -2.46. The van der Waals surface area contributed by atoms with E-state index in [1.165, 1.54) is 0 Å². The highest BCUT2D eigenvalue weighted by molar-refractivity contribution is 7.89. The maximum atomic E-state index is 13.1. The topological polar surface area (TPSA) is 78.5 Å². The minimum absolute atomic E-state index is 0.0400. The van der Waals surface area contributed by atoms with Crippen LogP contribution in [-0.4, -0.2) is 44.4 Å². The van der Waals surface area contributed by atoms with Gasteiger partial charge in [-0.3, -0.25) is 4.79 Å². The van der Waals surface area contributed by atoms with Crippen LogP contribution in [0, 0.1) is 0 Å². The van der Waals surface area contributed by atoms with Crippen LogP contribution in [0.25, 0.3) is 0 Å². The van der Waals surface area contributed by atoms with Gasteiger partial charge in [0.15, 0.2) is 0 Å². The molecular weight excluding hydrogens is 410 g/mol. The zero-order valence-corrected chi connectivity index (χ0v) is 19.0. The molecule has 2 N–H and O–H groups in total. The predicted molar refractivity (Wildman–Crippen MR) is 121 cm³/mol. The molecule has 1 aliphatic heterocycles. The Balaban J connectivity index is 1.46. The van der Waals surface area contributed by atoms with Crippen LogP contribution in [0.5, 0.6) is 0 Å². The molecule has 0 aromatic heterocycles. The van der Waals surface area contributed by atoms with Crippen molar-refractivity contribution in [1.82, 2.24) is 14.9 Å². The Morgan fingerprint density at radius 1 is 1.03 bits per heavy atom. The van der Waals surface area contributed by atoms with Crippen molar-refractivity contribution in [3.8, 4) is 0 Å². The van der Waals surface area contributed by atoms with E-state index in [0.717, 1.165) is 49.9 Å². The standard InChI is InChI=1S/C24H31N3O3S/c1-17(2)27-14-12-20(13-15-27)26-31(29,30)21-10-8-18-9-11-23(22(18)16-21)25-24(28)19-6-4-3-5-7-19/h3-8,10,16-17,20,23,26H,9,11-15H2,1-2H3,(H,25,28). The molecule has 31 heavy (non-hydrogen) atoms. The highest BCUT2D eigenvalue weighted by Crippen LogP contribution is 2.33. The Labute approximate surface area is 185 Å². The van der Waals surface area contributed by atoms with E-state index in [1.54, 1.807) is 24.3 Å². The number of rotatable bonds is 6. The third kappa shape index (κ3) is 5.00. The van der Waals surface area contributed by atoms with E-state index in [1.807, 2.05) is 24.3 Å². The highest BCUT2D eigenvalue weighted by Gasteiger charge is 2.29. The lowest BCUT2D eigenvalue weighted by molar-refractivity contribution is 0.0936. The number of fused-ring (bicyclic) bond motifs is 1. The number of carbonyl (C=O) groups excluding carboxylic acids is 1. The summed E-state index contributed by atoms with van der Waals surface area (Å²) in [6.45, 7) is 6.15. The largest absolute Gasteiger partial charge is 0.345 e. The number of nitrogens with one attached hydrogen (secondary N) is 2. The average molecular weight is 442 g/mol. The summed E-state index contributed by atoms with van der Waals surface area (Å²) in [5.41, 5.74) is 2.61. The molecule has 4 rings (SSSR count). The van der Waals surface area contributed by atoms with Crippen LogP contribution in [0.1, 0.15) is 60.6 Å². The molecule has 2 aromatic carbocycles. The van der Waals surface area contributed by atoms with Gasteiger partial charge in [0, 0.05) is 17.6 Å². The smallest absolute Gasteiger partial charge is 0.251 e. The first kappa shape index (κ1) is 22.0. The molecule has 0 radical (unpaired) electrons. The van der Waals surface area contributed by atoms with E-state index in [4.69, 9.17) is 0 Å². The molecule has 0 bridgehead atoms. The van der Waals surface area contributed by atoms with Crippen molar-refractivity contribution in [2.75, 3.05) is 13.1 Å². The third-order valence-electron chi connectivity index (χ3n) is 6.43. The molecule has 1 atom stereocenters. The lowest BCUT2D eigenvalue weighted by Gasteiger charge is -2.34. The third-order valence-corrected chi connectivity index (χ3v) is 7.95. The SMILES string of the molecule is CC(C)N1CCC(NS(=O)(=O)c2ccc3c(c2)C(NC(=O)c2ccccc2)CC3)CC1. The summed E-state index contributed by atoms with van der Waals surface area (Å²) in [4.78, 5) is 15.2. The van der Waals surface area contributed by atoms with Crippen molar-refractivity contribution >= 4 is 15.9 Å². The molecule has 2 aromatic rings. The maximum absolute atomic E-state index is 13.1. The van der Waals surface area contributed by atoms with E-state index in [0.29, 0.717) is 11.6 Å². The lowest BCUT2D eigenvalue weighted by atomic mass is 10.1. The van der Waals surface area contributed by atoms with E-state index < -0.39 is 10.0 Å². The highest BCUT2D eigenvalue weighted by atomic mass is 32.2. The molecular formula is C24H31N3O3S. The number of amides is 1. The van der Waals surface area contributed by atoms with Crippen LogP contribution in [0.15, 0.2) is 53.4 Å². The predicted octanol–water partition coefficient (Wildman–Crippen LogP) is 3.26. The maximum Gasteiger partial charge on any atom is 0.251 e. The summed E-state index contributed by atoms with van der Waals surface area (Å²) in [5.74, 6) is -0.137. The molecule has 1 fully saturated rings. The first-order valence-corrected chi connectivity index (χ1v) is 12.6. The molecule has 6 nitrogen and oxygen atoms in total. The Morgan fingerprint density at radius 2 is 1.74 bits per heavy atom. The van der Waals surface area contributed by atoms with Crippen molar-refractivity contribution in [2.24, 2.45) is 0 Å². The fraction of sp³-hybridized carbons (Fsp3) is 0.458. The second-order valence-corrected chi connectivity index (χ2v) is 10.5. The van der Waals surface area contributed by atoms with Gasteiger partial charge in [0.2, 0.25) is 10.0 Å². The first-order chi connectivity index (χ1) is 14.8. The van der Waals surface area contributed by atoms with Crippen molar-refractivity contribution in [3.63, 3.8) is 0 Å². The van der Waals surface area contributed by atoms with Crippen molar-refractivity contribution < 1.29 is 13.2 Å². The number of sulfonamides is 1. The Kier molecular flexibility index (Phi) is 6.46. The molecule has 7 heteroatoms. The van der Waals surface area contributed by atoms with Crippen LogP contribution >= 0.6 is 0 Å². The summed E-state index contributed by atoms with van der Waals surface area (Å²) >= 11 is 0.